The molecule has 1 atom stereocenters. The third-order valence-electron chi connectivity index (χ3n) is 2.10. The van der Waals surface area contributed by atoms with E-state index in [4.69, 9.17) is 0 Å². The number of aliphatic hydroxyl groups is 1. The molecule has 0 saturated carbocycles. The van der Waals surface area contributed by atoms with Gasteiger partial charge in [-0.2, -0.15) is 8.78 Å². The fourth-order valence-electron chi connectivity index (χ4n) is 1.25. The molecule has 0 aliphatic carbocycles. The second-order valence-electron chi connectivity index (χ2n) is 3.79. The Hall–Kier alpha value is -0.730. The van der Waals surface area contributed by atoms with E-state index in [9.17, 15) is 22.7 Å². The van der Waals surface area contributed by atoms with Gasteiger partial charge in [0, 0.05) is 0 Å². The summed E-state index contributed by atoms with van der Waals surface area (Å²) in [6, 6.07) is 0. The molecule has 1 heterocycles. The van der Waals surface area contributed by atoms with Gasteiger partial charge in [-0.05, 0) is 13.8 Å². The molecule has 18 heavy (non-hydrogen) atoms. The van der Waals surface area contributed by atoms with Crippen molar-refractivity contribution in [3.63, 3.8) is 0 Å². The third kappa shape index (κ3) is 3.89. The Labute approximate surface area is 105 Å². The Kier molecular flexibility index (Phi) is 5.06. The number of thiazole rings is 1. The van der Waals surface area contributed by atoms with Gasteiger partial charge in [0.1, 0.15) is 11.6 Å². The number of rotatable bonds is 6. The van der Waals surface area contributed by atoms with Crippen molar-refractivity contribution in [1.82, 2.24) is 4.98 Å². The Balaban J connectivity index is 2.52. The van der Waals surface area contributed by atoms with E-state index < -0.39 is 25.1 Å². The predicted molar refractivity (Wildman–Crippen MR) is 58.1 cm³/mol. The summed E-state index contributed by atoms with van der Waals surface area (Å²) in [5, 5.41) is 9.72. The Morgan fingerprint density at radius 1 is 1.44 bits per heavy atom. The zero-order chi connectivity index (χ0) is 13.9. The lowest BCUT2D eigenvalue weighted by atomic mass is 10.3. The molecular formula is C10H13F4NO2S. The molecule has 0 aliphatic rings. The Morgan fingerprint density at radius 3 is 2.50 bits per heavy atom. The second kappa shape index (κ2) is 5.94. The van der Waals surface area contributed by atoms with Crippen LogP contribution in [0.4, 0.5) is 17.6 Å². The zero-order valence-corrected chi connectivity index (χ0v) is 10.6. The first kappa shape index (κ1) is 15.3. The molecule has 0 saturated heterocycles. The van der Waals surface area contributed by atoms with Crippen molar-refractivity contribution >= 4 is 11.3 Å². The number of ether oxygens (including phenoxy) is 1. The van der Waals surface area contributed by atoms with Gasteiger partial charge in [-0.25, -0.2) is 13.8 Å². The van der Waals surface area contributed by atoms with Crippen LogP contribution in [0.2, 0.25) is 0 Å². The molecule has 8 heteroatoms. The van der Waals surface area contributed by atoms with E-state index in [1.54, 1.807) is 13.8 Å². The van der Waals surface area contributed by atoms with Gasteiger partial charge in [-0.3, -0.25) is 0 Å². The number of aromatic nitrogens is 1. The molecule has 0 bridgehead atoms. The van der Waals surface area contributed by atoms with Gasteiger partial charge in [0.15, 0.2) is 0 Å². The lowest BCUT2D eigenvalue weighted by molar-refractivity contribution is -0.168. The molecule has 3 nitrogen and oxygen atoms in total. The van der Waals surface area contributed by atoms with Crippen LogP contribution in [-0.2, 0) is 11.3 Å². The maximum Gasteiger partial charge on any atom is 0.330 e. The SMILES string of the molecule is Cc1nc(COCC(F)(F)C(F)F)sc1C(C)O. The van der Waals surface area contributed by atoms with Gasteiger partial charge in [-0.15, -0.1) is 11.3 Å². The molecule has 1 aromatic heterocycles. The van der Waals surface area contributed by atoms with Crippen molar-refractivity contribution in [3.05, 3.63) is 15.6 Å². The lowest BCUT2D eigenvalue weighted by Gasteiger charge is -2.14. The second-order valence-corrected chi connectivity index (χ2v) is 4.90. The molecule has 1 rings (SSSR count). The molecule has 0 fully saturated rings. The van der Waals surface area contributed by atoms with Crippen LogP contribution in [-0.4, -0.2) is 29.0 Å². The monoisotopic (exact) mass is 287 g/mol. The van der Waals surface area contributed by atoms with E-state index in [2.05, 4.69) is 9.72 Å². The smallest absolute Gasteiger partial charge is 0.330 e. The van der Waals surface area contributed by atoms with Crippen molar-refractivity contribution < 1.29 is 27.4 Å². The normalized spacial score (nSPS) is 14.2. The number of aliphatic hydroxyl groups excluding tert-OH is 1. The van der Waals surface area contributed by atoms with Crippen LogP contribution >= 0.6 is 11.3 Å². The summed E-state index contributed by atoms with van der Waals surface area (Å²) >= 11 is 1.11. The van der Waals surface area contributed by atoms with Crippen LogP contribution in [0.25, 0.3) is 0 Å². The molecule has 1 unspecified atom stereocenters. The molecule has 0 aliphatic heterocycles. The molecule has 1 N–H and O–H groups in total. The minimum Gasteiger partial charge on any atom is -0.388 e. The zero-order valence-electron chi connectivity index (χ0n) is 9.79. The van der Waals surface area contributed by atoms with Gasteiger partial charge in [0.2, 0.25) is 0 Å². The van der Waals surface area contributed by atoms with Crippen molar-refractivity contribution in [2.24, 2.45) is 0 Å². The fraction of sp³-hybridized carbons (Fsp3) is 0.700. The first-order valence-electron chi connectivity index (χ1n) is 5.12. The lowest BCUT2D eigenvalue weighted by Crippen LogP contribution is -2.32. The van der Waals surface area contributed by atoms with Crippen LogP contribution in [0, 0.1) is 6.92 Å². The topological polar surface area (TPSA) is 42.4 Å². The first-order chi connectivity index (χ1) is 8.24. The average Bonchev–Trinajstić information content (AvgIpc) is 2.59. The van der Waals surface area contributed by atoms with Crippen molar-refractivity contribution in [1.29, 1.82) is 0 Å². The van der Waals surface area contributed by atoms with Gasteiger partial charge < -0.3 is 9.84 Å². The first-order valence-corrected chi connectivity index (χ1v) is 5.93. The Morgan fingerprint density at radius 2 is 2.06 bits per heavy atom. The molecule has 1 aromatic rings. The molecule has 104 valence electrons. The van der Waals surface area contributed by atoms with Crippen LogP contribution in [0.15, 0.2) is 0 Å². The molecular weight excluding hydrogens is 274 g/mol. The Bertz CT molecular complexity index is 395. The number of hydrogen-bond acceptors (Lipinski definition) is 4. The minimum absolute atomic E-state index is 0.277. The van der Waals surface area contributed by atoms with Crippen LogP contribution in [0.1, 0.15) is 28.6 Å². The number of aryl methyl sites for hydroxylation is 1. The number of alkyl halides is 4. The van der Waals surface area contributed by atoms with Crippen molar-refractivity contribution in [3.8, 4) is 0 Å². The maximum absolute atomic E-state index is 12.5. The fourth-order valence-corrected chi connectivity index (χ4v) is 2.20. The summed E-state index contributed by atoms with van der Waals surface area (Å²) in [6.45, 7) is 1.58. The summed E-state index contributed by atoms with van der Waals surface area (Å²) in [5.74, 6) is -4.15. The van der Waals surface area contributed by atoms with E-state index in [-0.39, 0.29) is 6.61 Å². The predicted octanol–water partition coefficient (Wildman–Crippen LogP) is 2.92. The van der Waals surface area contributed by atoms with E-state index in [0.29, 0.717) is 15.6 Å². The van der Waals surface area contributed by atoms with Gasteiger partial charge in [0.05, 0.1) is 23.3 Å². The van der Waals surface area contributed by atoms with E-state index in [0.717, 1.165) is 11.3 Å². The van der Waals surface area contributed by atoms with Crippen LogP contribution < -0.4 is 0 Å². The van der Waals surface area contributed by atoms with Crippen LogP contribution in [0.3, 0.4) is 0 Å². The average molecular weight is 287 g/mol. The van der Waals surface area contributed by atoms with E-state index in [1.807, 2.05) is 0 Å². The molecule has 0 aromatic carbocycles. The van der Waals surface area contributed by atoms with Gasteiger partial charge in [0.25, 0.3) is 0 Å². The highest BCUT2D eigenvalue weighted by Gasteiger charge is 2.41. The highest BCUT2D eigenvalue weighted by atomic mass is 32.1. The van der Waals surface area contributed by atoms with E-state index in [1.165, 1.54) is 0 Å². The highest BCUT2D eigenvalue weighted by Crippen LogP contribution is 2.27. The molecule has 0 amide bonds. The number of halogens is 4. The summed E-state index contributed by atoms with van der Waals surface area (Å²) in [7, 11) is 0. The number of hydrogen-bond donors (Lipinski definition) is 1. The molecule has 0 radical (unpaired) electrons. The summed E-state index contributed by atoms with van der Waals surface area (Å²) in [5.41, 5.74) is 0.578. The maximum atomic E-state index is 12.5. The van der Waals surface area contributed by atoms with E-state index >= 15 is 0 Å². The standard InChI is InChI=1S/C10H13F4NO2S/c1-5-8(6(2)16)18-7(15-5)3-17-4-10(13,14)9(11)12/h6,9,16H,3-4H2,1-2H3. The quantitative estimate of drug-likeness (QED) is 0.818. The van der Waals surface area contributed by atoms with Gasteiger partial charge in [-0.1, -0.05) is 0 Å². The summed E-state index contributed by atoms with van der Waals surface area (Å²) in [6.07, 6.45) is -4.46. The molecule has 0 spiro atoms. The van der Waals surface area contributed by atoms with Gasteiger partial charge >= 0.3 is 12.3 Å². The van der Waals surface area contributed by atoms with Crippen molar-refractivity contribution in [2.75, 3.05) is 6.61 Å². The highest BCUT2D eigenvalue weighted by molar-refractivity contribution is 7.11. The van der Waals surface area contributed by atoms with Crippen LogP contribution in [0.5, 0.6) is 0 Å². The summed E-state index contributed by atoms with van der Waals surface area (Å²) < 4.78 is 53.3. The largest absolute Gasteiger partial charge is 0.388 e. The minimum atomic E-state index is -4.15. The third-order valence-corrected chi connectivity index (χ3v) is 3.40. The summed E-state index contributed by atoms with van der Waals surface area (Å²) in [4.78, 5) is 4.60. The van der Waals surface area contributed by atoms with Crippen molar-refractivity contribution in [2.45, 2.75) is 38.9 Å². The number of nitrogens with zero attached hydrogens (tertiary/aromatic N) is 1.